The Bertz CT molecular complexity index is 323. The summed E-state index contributed by atoms with van der Waals surface area (Å²) in [6.07, 6.45) is 0. The van der Waals surface area contributed by atoms with E-state index in [1.165, 1.54) is 0 Å². The molecule has 1 aromatic rings. The largest absolute Gasteiger partial charge is 0.493 e. The minimum Gasteiger partial charge on any atom is -0.406 e. The topological polar surface area (TPSA) is 21.7 Å². The van der Waals surface area contributed by atoms with Crippen molar-refractivity contribution in [2.75, 3.05) is 33.4 Å². The van der Waals surface area contributed by atoms with E-state index in [1.807, 2.05) is 24.3 Å². The number of hydrogen-bond acceptors (Lipinski definition) is 3. The van der Waals surface area contributed by atoms with Gasteiger partial charge in [0.1, 0.15) is 0 Å². The van der Waals surface area contributed by atoms with Crippen molar-refractivity contribution in [2.45, 2.75) is 0 Å². The number of rotatable bonds is 1. The van der Waals surface area contributed by atoms with Crippen molar-refractivity contribution in [2.24, 2.45) is 0 Å². The second-order valence-electron chi connectivity index (χ2n) is 3.93. The Morgan fingerprint density at radius 3 is 2.25 bits per heavy atom. The second-order valence-corrected chi connectivity index (χ2v) is 4.36. The van der Waals surface area contributed by atoms with Gasteiger partial charge in [-0.15, -0.1) is 0 Å². The highest BCUT2D eigenvalue weighted by Gasteiger charge is 2.23. The lowest BCUT2D eigenvalue weighted by atomic mass is 9.79. The number of hydrogen-bond donors (Lipinski definition) is 0. The highest BCUT2D eigenvalue weighted by molar-refractivity contribution is 6.61. The van der Waals surface area contributed by atoms with E-state index in [-0.39, 0.29) is 7.12 Å². The van der Waals surface area contributed by atoms with Gasteiger partial charge in [0.05, 0.1) is 0 Å². The van der Waals surface area contributed by atoms with Gasteiger partial charge in [-0.3, -0.25) is 0 Å². The van der Waals surface area contributed by atoms with Crippen LogP contribution in [-0.2, 0) is 9.31 Å². The van der Waals surface area contributed by atoms with Gasteiger partial charge in [0, 0.05) is 31.3 Å². The van der Waals surface area contributed by atoms with Crippen molar-refractivity contribution < 1.29 is 9.31 Å². The highest BCUT2D eigenvalue weighted by atomic mass is 35.5. The zero-order valence-electron chi connectivity index (χ0n) is 9.36. The van der Waals surface area contributed by atoms with Crippen molar-refractivity contribution in [3.05, 3.63) is 29.3 Å². The zero-order valence-corrected chi connectivity index (χ0v) is 10.1. The molecule has 1 aliphatic heterocycles. The molecule has 0 aromatic heterocycles. The van der Waals surface area contributed by atoms with Crippen molar-refractivity contribution >= 4 is 24.2 Å². The number of halogens is 1. The summed E-state index contributed by atoms with van der Waals surface area (Å²) in [5.41, 5.74) is 1.02. The quantitative estimate of drug-likeness (QED) is 0.683. The van der Waals surface area contributed by atoms with Gasteiger partial charge in [-0.05, 0) is 24.6 Å². The maximum Gasteiger partial charge on any atom is 0.493 e. The molecule has 2 rings (SSSR count). The first-order valence-corrected chi connectivity index (χ1v) is 5.81. The van der Waals surface area contributed by atoms with Crippen LogP contribution >= 0.6 is 11.6 Å². The van der Waals surface area contributed by atoms with Crippen LogP contribution in [0.5, 0.6) is 0 Å². The third-order valence-corrected chi connectivity index (χ3v) is 2.88. The van der Waals surface area contributed by atoms with E-state index < -0.39 is 0 Å². The van der Waals surface area contributed by atoms with Gasteiger partial charge in [0.15, 0.2) is 0 Å². The first kappa shape index (κ1) is 11.9. The normalized spacial score (nSPS) is 19.2. The van der Waals surface area contributed by atoms with Crippen LogP contribution in [0.15, 0.2) is 24.3 Å². The smallest absolute Gasteiger partial charge is 0.406 e. The molecule has 1 saturated heterocycles. The van der Waals surface area contributed by atoms with E-state index in [4.69, 9.17) is 20.9 Å². The lowest BCUT2D eigenvalue weighted by Crippen LogP contribution is -2.43. The maximum absolute atomic E-state index is 5.84. The molecule has 0 aliphatic carbocycles. The molecule has 1 aliphatic rings. The summed E-state index contributed by atoms with van der Waals surface area (Å²) >= 11 is 5.84. The molecule has 0 saturated carbocycles. The van der Waals surface area contributed by atoms with E-state index in [2.05, 4.69) is 11.9 Å². The molecule has 0 unspecified atom stereocenters. The molecule has 0 atom stereocenters. The SMILES string of the molecule is CN1CCOB(c2ccc(Cl)cc2)OCC1. The maximum atomic E-state index is 5.84. The predicted molar refractivity (Wildman–Crippen MR) is 66.2 cm³/mol. The number of nitrogens with zero attached hydrogens (tertiary/aromatic N) is 1. The zero-order chi connectivity index (χ0) is 11.4. The molecular weight excluding hydrogens is 224 g/mol. The van der Waals surface area contributed by atoms with Crippen LogP contribution in [0, 0.1) is 0 Å². The number of benzene rings is 1. The Kier molecular flexibility index (Phi) is 4.24. The van der Waals surface area contributed by atoms with Crippen LogP contribution < -0.4 is 5.46 Å². The fourth-order valence-corrected chi connectivity index (χ4v) is 1.73. The standard InChI is InChI=1S/C11H15BClNO2/c1-14-6-8-15-12(16-9-7-14)10-2-4-11(13)5-3-10/h2-5H,6-9H2,1H3. The van der Waals surface area contributed by atoms with Crippen LogP contribution in [0.25, 0.3) is 0 Å². The molecule has 3 nitrogen and oxygen atoms in total. The van der Waals surface area contributed by atoms with Gasteiger partial charge >= 0.3 is 7.12 Å². The molecule has 1 fully saturated rings. The number of likely N-dealkylation sites (N-methyl/N-ethyl adjacent to an activating group) is 1. The molecule has 5 heteroatoms. The van der Waals surface area contributed by atoms with Crippen LogP contribution in [-0.4, -0.2) is 45.4 Å². The van der Waals surface area contributed by atoms with Gasteiger partial charge < -0.3 is 14.2 Å². The third kappa shape index (κ3) is 3.22. The van der Waals surface area contributed by atoms with Gasteiger partial charge in [-0.2, -0.15) is 0 Å². The first-order chi connectivity index (χ1) is 7.75. The van der Waals surface area contributed by atoms with Gasteiger partial charge in [0.25, 0.3) is 0 Å². The Morgan fingerprint density at radius 2 is 1.69 bits per heavy atom. The molecule has 0 amide bonds. The van der Waals surface area contributed by atoms with Crippen LogP contribution in [0.4, 0.5) is 0 Å². The molecule has 86 valence electrons. The summed E-state index contributed by atoms with van der Waals surface area (Å²) in [5, 5.41) is 0.731. The van der Waals surface area contributed by atoms with Gasteiger partial charge in [-0.25, -0.2) is 0 Å². The van der Waals surface area contributed by atoms with Gasteiger partial charge in [-0.1, -0.05) is 23.7 Å². The van der Waals surface area contributed by atoms with Crippen molar-refractivity contribution in [3.63, 3.8) is 0 Å². The molecular formula is C11H15BClNO2. The average Bonchev–Trinajstić information content (AvgIpc) is 2.25. The highest BCUT2D eigenvalue weighted by Crippen LogP contribution is 2.06. The van der Waals surface area contributed by atoms with Gasteiger partial charge in [0.2, 0.25) is 0 Å². The average molecular weight is 240 g/mol. The molecule has 0 spiro atoms. The van der Waals surface area contributed by atoms with E-state index in [1.54, 1.807) is 0 Å². The van der Waals surface area contributed by atoms with Crippen LogP contribution in [0.1, 0.15) is 0 Å². The summed E-state index contributed by atoms with van der Waals surface area (Å²) in [4.78, 5) is 2.19. The van der Waals surface area contributed by atoms with E-state index in [9.17, 15) is 0 Å². The van der Waals surface area contributed by atoms with E-state index in [0.717, 1.165) is 23.6 Å². The minimum absolute atomic E-state index is 0.258. The Balaban J connectivity index is 2.00. The Hall–Kier alpha value is -0.545. The molecule has 16 heavy (non-hydrogen) atoms. The molecule has 1 aromatic carbocycles. The van der Waals surface area contributed by atoms with Crippen molar-refractivity contribution in [1.29, 1.82) is 0 Å². The molecule has 0 bridgehead atoms. The minimum atomic E-state index is -0.258. The lowest BCUT2D eigenvalue weighted by molar-refractivity contribution is 0.132. The predicted octanol–water partition coefficient (Wildman–Crippen LogP) is 1.01. The lowest BCUT2D eigenvalue weighted by Gasteiger charge is -2.23. The van der Waals surface area contributed by atoms with E-state index in [0.29, 0.717) is 13.2 Å². The first-order valence-electron chi connectivity index (χ1n) is 5.43. The molecule has 0 radical (unpaired) electrons. The summed E-state index contributed by atoms with van der Waals surface area (Å²) in [6.45, 7) is 3.24. The summed E-state index contributed by atoms with van der Waals surface area (Å²) < 4.78 is 11.3. The second kappa shape index (κ2) is 5.68. The monoisotopic (exact) mass is 239 g/mol. The fourth-order valence-electron chi connectivity index (χ4n) is 1.60. The van der Waals surface area contributed by atoms with Crippen LogP contribution in [0.3, 0.4) is 0 Å². The fraction of sp³-hybridized carbons (Fsp3) is 0.455. The summed E-state index contributed by atoms with van der Waals surface area (Å²) in [7, 11) is 1.81. The Morgan fingerprint density at radius 1 is 1.12 bits per heavy atom. The summed E-state index contributed by atoms with van der Waals surface area (Å²) in [5.74, 6) is 0. The van der Waals surface area contributed by atoms with Crippen molar-refractivity contribution in [1.82, 2.24) is 4.90 Å². The third-order valence-electron chi connectivity index (χ3n) is 2.63. The van der Waals surface area contributed by atoms with E-state index >= 15 is 0 Å². The Labute approximate surface area is 101 Å². The molecule has 0 N–H and O–H groups in total. The molecule has 1 heterocycles. The van der Waals surface area contributed by atoms with Crippen molar-refractivity contribution in [3.8, 4) is 0 Å². The summed E-state index contributed by atoms with van der Waals surface area (Å²) in [6, 6.07) is 7.60. The van der Waals surface area contributed by atoms with Crippen LogP contribution in [0.2, 0.25) is 5.02 Å².